The van der Waals surface area contributed by atoms with Crippen molar-refractivity contribution in [3.05, 3.63) is 42.2 Å². The predicted molar refractivity (Wildman–Crippen MR) is 114 cm³/mol. The Hall–Kier alpha value is -3.37. The van der Waals surface area contributed by atoms with Gasteiger partial charge in [-0.1, -0.05) is 12.1 Å². The molecule has 170 valence electrons. The van der Waals surface area contributed by atoms with Crippen molar-refractivity contribution < 1.29 is 18.0 Å². The van der Waals surface area contributed by atoms with E-state index in [1.807, 2.05) is 13.0 Å². The van der Waals surface area contributed by atoms with E-state index < -0.39 is 18.1 Å². The van der Waals surface area contributed by atoms with Gasteiger partial charge < -0.3 is 15.5 Å². The third-order valence-corrected chi connectivity index (χ3v) is 5.61. The van der Waals surface area contributed by atoms with E-state index in [0.717, 1.165) is 5.56 Å². The molecule has 0 saturated carbocycles. The minimum Gasteiger partial charge on any atom is -0.362 e. The molecule has 0 spiro atoms. The maximum absolute atomic E-state index is 13.0. The Kier molecular flexibility index (Phi) is 5.90. The Balaban J connectivity index is 1.42. The molecule has 4 rings (SSSR count). The molecule has 2 aromatic heterocycles. The first kappa shape index (κ1) is 21.8. The number of piperidine rings is 1. The van der Waals surface area contributed by atoms with Crippen LogP contribution in [0.3, 0.4) is 0 Å². The molecule has 2 atom stereocenters. The minimum atomic E-state index is -4.29. The lowest BCUT2D eigenvalue weighted by molar-refractivity contribution is -0.183. The van der Waals surface area contributed by atoms with Crippen LogP contribution in [0, 0.1) is 5.92 Å². The first-order valence-electron chi connectivity index (χ1n) is 10.3. The summed E-state index contributed by atoms with van der Waals surface area (Å²) in [6.45, 7) is 1.93. The number of nitrogens with one attached hydrogen (secondary N) is 2. The standard InChI is InChI=1S/C21H24F3N7O/c1-13(27-18-11-25-17-10-26-30(2)19(17)29-18)14-5-3-7-16(9-14)28-20(32)31-8-4-6-15(12-31)21(22,23)24/h3,5,7,9-11,13,15H,4,6,8,12H2,1-2H3,(H,27,29)(H,28,32)/t13-,15?/m0/s1. The fraction of sp³-hybridized carbons (Fsp3) is 0.429. The van der Waals surface area contributed by atoms with Crippen LogP contribution in [0.1, 0.15) is 31.4 Å². The first-order chi connectivity index (χ1) is 15.2. The quantitative estimate of drug-likeness (QED) is 0.621. The molecular formula is C21H24F3N7O. The molecule has 8 nitrogen and oxygen atoms in total. The average Bonchev–Trinajstić information content (AvgIpc) is 3.13. The number of hydrogen-bond acceptors (Lipinski definition) is 5. The van der Waals surface area contributed by atoms with Crippen LogP contribution in [0.4, 0.5) is 29.5 Å². The van der Waals surface area contributed by atoms with E-state index in [4.69, 9.17) is 0 Å². The van der Waals surface area contributed by atoms with E-state index in [1.54, 1.807) is 42.3 Å². The third-order valence-electron chi connectivity index (χ3n) is 5.61. The van der Waals surface area contributed by atoms with E-state index in [9.17, 15) is 18.0 Å². The van der Waals surface area contributed by atoms with Crippen LogP contribution in [-0.2, 0) is 7.05 Å². The van der Waals surface area contributed by atoms with Gasteiger partial charge in [0.25, 0.3) is 0 Å². The summed E-state index contributed by atoms with van der Waals surface area (Å²) >= 11 is 0. The van der Waals surface area contributed by atoms with Gasteiger partial charge in [0.05, 0.1) is 24.4 Å². The molecule has 0 radical (unpaired) electrons. The summed E-state index contributed by atoms with van der Waals surface area (Å²) in [5, 5.41) is 10.1. The van der Waals surface area contributed by atoms with Gasteiger partial charge in [-0.15, -0.1) is 0 Å². The molecule has 1 aromatic carbocycles. The van der Waals surface area contributed by atoms with Gasteiger partial charge in [-0.3, -0.25) is 0 Å². The van der Waals surface area contributed by atoms with E-state index >= 15 is 0 Å². The lowest BCUT2D eigenvalue weighted by Crippen LogP contribution is -2.46. The van der Waals surface area contributed by atoms with Gasteiger partial charge >= 0.3 is 12.2 Å². The minimum absolute atomic E-state index is 0.0550. The van der Waals surface area contributed by atoms with E-state index in [-0.39, 0.29) is 19.0 Å². The van der Waals surface area contributed by atoms with Crippen LogP contribution in [0.15, 0.2) is 36.7 Å². The number of nitrogens with zero attached hydrogens (tertiary/aromatic N) is 5. The highest BCUT2D eigenvalue weighted by Gasteiger charge is 2.42. The van der Waals surface area contributed by atoms with Crippen LogP contribution in [0.25, 0.3) is 11.2 Å². The smallest absolute Gasteiger partial charge is 0.362 e. The zero-order valence-corrected chi connectivity index (χ0v) is 17.7. The van der Waals surface area contributed by atoms with Crippen LogP contribution in [0.2, 0.25) is 0 Å². The number of amides is 2. The number of urea groups is 1. The lowest BCUT2D eigenvalue weighted by atomic mass is 9.98. The number of rotatable bonds is 4. The number of aryl methyl sites for hydroxylation is 1. The molecule has 11 heteroatoms. The van der Waals surface area contributed by atoms with Crippen LogP contribution in [0.5, 0.6) is 0 Å². The zero-order valence-electron chi connectivity index (χ0n) is 17.7. The molecular weight excluding hydrogens is 423 g/mol. The number of alkyl halides is 3. The highest BCUT2D eigenvalue weighted by Crippen LogP contribution is 2.33. The summed E-state index contributed by atoms with van der Waals surface area (Å²) in [5.41, 5.74) is 2.74. The van der Waals surface area contributed by atoms with E-state index in [2.05, 4.69) is 25.7 Å². The van der Waals surface area contributed by atoms with Gasteiger partial charge in [0.1, 0.15) is 11.3 Å². The number of benzene rings is 1. The van der Waals surface area contributed by atoms with Crippen LogP contribution < -0.4 is 10.6 Å². The average molecular weight is 447 g/mol. The maximum Gasteiger partial charge on any atom is 0.393 e. The normalized spacial score (nSPS) is 17.9. The Morgan fingerprint density at radius 1 is 1.28 bits per heavy atom. The molecule has 3 aromatic rings. The summed E-state index contributed by atoms with van der Waals surface area (Å²) in [4.78, 5) is 22.6. The topological polar surface area (TPSA) is 88.0 Å². The lowest BCUT2D eigenvalue weighted by Gasteiger charge is -2.33. The SMILES string of the molecule is C[C@H](Nc1cnc2cnn(C)c2n1)c1cccc(NC(=O)N2CCCC(C(F)(F)F)C2)c1. The second-order valence-electron chi connectivity index (χ2n) is 7.98. The number of likely N-dealkylation sites (tertiary alicyclic amines) is 1. The van der Waals surface area contributed by atoms with E-state index in [0.29, 0.717) is 35.6 Å². The fourth-order valence-electron chi connectivity index (χ4n) is 3.81. The van der Waals surface area contributed by atoms with Crippen LogP contribution >= 0.6 is 0 Å². The Morgan fingerprint density at radius 3 is 2.88 bits per heavy atom. The third kappa shape index (κ3) is 4.76. The largest absolute Gasteiger partial charge is 0.393 e. The second-order valence-corrected chi connectivity index (χ2v) is 7.98. The molecule has 2 amide bonds. The molecule has 1 aliphatic rings. The summed E-state index contributed by atoms with van der Waals surface area (Å²) in [6, 6.07) is 6.50. The Morgan fingerprint density at radius 2 is 2.09 bits per heavy atom. The van der Waals surface area contributed by atoms with Gasteiger partial charge in [-0.25, -0.2) is 19.4 Å². The van der Waals surface area contributed by atoms with Crippen molar-refractivity contribution >= 4 is 28.7 Å². The summed E-state index contributed by atoms with van der Waals surface area (Å²) in [6.07, 6.45) is -0.637. The highest BCUT2D eigenvalue weighted by atomic mass is 19.4. The van der Waals surface area contributed by atoms with Crippen molar-refractivity contribution in [2.75, 3.05) is 23.7 Å². The molecule has 2 N–H and O–H groups in total. The monoisotopic (exact) mass is 447 g/mol. The molecule has 3 heterocycles. The van der Waals surface area contributed by atoms with Gasteiger partial charge in [-0.2, -0.15) is 18.3 Å². The zero-order chi connectivity index (χ0) is 22.9. The fourth-order valence-corrected chi connectivity index (χ4v) is 3.81. The highest BCUT2D eigenvalue weighted by molar-refractivity contribution is 5.89. The number of carbonyl (C=O) groups excluding carboxylic acids is 1. The second kappa shape index (κ2) is 8.64. The number of anilines is 2. The van der Waals surface area contributed by atoms with Gasteiger partial charge in [0.15, 0.2) is 5.65 Å². The number of halogens is 3. The van der Waals surface area contributed by atoms with E-state index in [1.165, 1.54) is 4.90 Å². The molecule has 32 heavy (non-hydrogen) atoms. The van der Waals surface area contributed by atoms with Crippen molar-refractivity contribution in [3.63, 3.8) is 0 Å². The molecule has 1 aliphatic heterocycles. The number of hydrogen-bond donors (Lipinski definition) is 2. The molecule has 1 fully saturated rings. The maximum atomic E-state index is 13.0. The number of aromatic nitrogens is 4. The summed E-state index contributed by atoms with van der Waals surface area (Å²) in [5.74, 6) is -0.898. The van der Waals surface area contributed by atoms with Gasteiger partial charge in [0.2, 0.25) is 0 Å². The van der Waals surface area contributed by atoms with Crippen molar-refractivity contribution in [2.24, 2.45) is 13.0 Å². The molecule has 0 aliphatic carbocycles. The van der Waals surface area contributed by atoms with Crippen molar-refractivity contribution in [3.8, 4) is 0 Å². The first-order valence-corrected chi connectivity index (χ1v) is 10.3. The molecule has 1 saturated heterocycles. The summed E-state index contributed by atoms with van der Waals surface area (Å²) < 4.78 is 40.7. The van der Waals surface area contributed by atoms with Gasteiger partial charge in [0, 0.05) is 25.8 Å². The predicted octanol–water partition coefficient (Wildman–Crippen LogP) is 4.34. The Labute approximate surface area is 182 Å². The summed E-state index contributed by atoms with van der Waals surface area (Å²) in [7, 11) is 1.79. The van der Waals surface area contributed by atoms with Crippen molar-refractivity contribution in [2.45, 2.75) is 32.0 Å². The van der Waals surface area contributed by atoms with Crippen molar-refractivity contribution in [1.82, 2.24) is 24.6 Å². The van der Waals surface area contributed by atoms with Crippen LogP contribution in [-0.4, -0.2) is 49.9 Å². The van der Waals surface area contributed by atoms with Gasteiger partial charge in [-0.05, 0) is 37.5 Å². The molecule has 1 unspecified atom stereocenters. The number of carbonyl (C=O) groups is 1. The van der Waals surface area contributed by atoms with Crippen molar-refractivity contribution in [1.29, 1.82) is 0 Å². The Bertz CT molecular complexity index is 1110. The number of fused-ring (bicyclic) bond motifs is 1. The molecule has 0 bridgehead atoms.